The maximum atomic E-state index is 12.2. The van der Waals surface area contributed by atoms with Crippen LogP contribution in [0.4, 0.5) is 0 Å². The molecule has 7 nitrogen and oxygen atoms in total. The lowest BCUT2D eigenvalue weighted by atomic mass is 10.0. The van der Waals surface area contributed by atoms with Gasteiger partial charge in [0.25, 0.3) is 0 Å². The first-order valence-electron chi connectivity index (χ1n) is 8.48. The molecule has 0 fully saturated rings. The number of esters is 1. The lowest BCUT2D eigenvalue weighted by Crippen LogP contribution is -2.23. The summed E-state index contributed by atoms with van der Waals surface area (Å²) >= 11 is 0. The molecule has 0 radical (unpaired) electrons. The Kier molecular flexibility index (Phi) is 8.71. The van der Waals surface area contributed by atoms with Crippen LogP contribution in [-0.2, 0) is 20.8 Å². The highest BCUT2D eigenvalue weighted by Crippen LogP contribution is 2.17. The summed E-state index contributed by atoms with van der Waals surface area (Å²) in [6, 6.07) is 1.93. The number of carbonyl (C=O) groups excluding carboxylic acids is 1. The highest BCUT2D eigenvalue weighted by molar-refractivity contribution is 5.93. The molecule has 1 N–H and O–H groups in total. The number of nitrogens with zero attached hydrogens (tertiary/aromatic N) is 2. The second-order valence-electron chi connectivity index (χ2n) is 6.05. The van der Waals surface area contributed by atoms with Crippen LogP contribution in [0.25, 0.3) is 0 Å². The number of hydrogen-bond acceptors (Lipinski definition) is 7. The van der Waals surface area contributed by atoms with Crippen molar-refractivity contribution in [3.8, 4) is 6.07 Å². The van der Waals surface area contributed by atoms with E-state index in [0.29, 0.717) is 24.8 Å². The number of nitriles is 1. The minimum atomic E-state index is -0.659. The van der Waals surface area contributed by atoms with Crippen molar-refractivity contribution in [1.82, 2.24) is 10.3 Å². The maximum Gasteiger partial charge on any atom is 0.350 e. The summed E-state index contributed by atoms with van der Waals surface area (Å²) in [4.78, 5) is 16.4. The molecule has 7 heteroatoms. The van der Waals surface area contributed by atoms with E-state index in [-0.39, 0.29) is 30.6 Å². The first-order valence-corrected chi connectivity index (χ1v) is 8.48. The Hall–Kier alpha value is -2.33. The van der Waals surface area contributed by atoms with Crippen molar-refractivity contribution in [3.05, 3.63) is 29.1 Å². The molecule has 1 aromatic heterocycles. The highest BCUT2D eigenvalue weighted by Gasteiger charge is 2.20. The minimum Gasteiger partial charge on any atom is -0.459 e. The van der Waals surface area contributed by atoms with E-state index in [2.05, 4.69) is 10.3 Å². The molecule has 1 aromatic rings. The Labute approximate surface area is 149 Å². The maximum absolute atomic E-state index is 12.2. The third-order valence-corrected chi connectivity index (χ3v) is 3.40. The van der Waals surface area contributed by atoms with Gasteiger partial charge < -0.3 is 19.2 Å². The van der Waals surface area contributed by atoms with Crippen molar-refractivity contribution in [2.75, 3.05) is 19.8 Å². The molecule has 1 heterocycles. The van der Waals surface area contributed by atoms with Crippen molar-refractivity contribution in [1.29, 1.82) is 5.26 Å². The summed E-state index contributed by atoms with van der Waals surface area (Å²) in [5, 5.41) is 12.5. The van der Waals surface area contributed by atoms with Crippen molar-refractivity contribution in [3.63, 3.8) is 0 Å². The van der Waals surface area contributed by atoms with E-state index < -0.39 is 5.97 Å². The van der Waals surface area contributed by atoms with Crippen molar-refractivity contribution < 1.29 is 18.7 Å². The summed E-state index contributed by atoms with van der Waals surface area (Å²) in [6.07, 6.45) is 1.69. The molecule has 0 saturated carbocycles. The quantitative estimate of drug-likeness (QED) is 0.300. The number of hydrogen-bond donors (Lipinski definition) is 1. The molecule has 0 aliphatic rings. The van der Waals surface area contributed by atoms with Crippen LogP contribution in [0.1, 0.15) is 52.2 Å². The number of carbonyl (C=O) groups is 1. The van der Waals surface area contributed by atoms with Crippen LogP contribution in [-0.4, -0.2) is 30.8 Å². The predicted molar refractivity (Wildman–Crippen MR) is 92.4 cm³/mol. The molecule has 0 aromatic carbocycles. The smallest absolute Gasteiger partial charge is 0.350 e. The van der Waals surface area contributed by atoms with Crippen molar-refractivity contribution in [2.24, 2.45) is 5.92 Å². The average Bonchev–Trinajstić information content (AvgIpc) is 3.04. The van der Waals surface area contributed by atoms with Crippen molar-refractivity contribution >= 4 is 5.97 Å². The molecule has 0 saturated heterocycles. The van der Waals surface area contributed by atoms with E-state index >= 15 is 0 Å². The molecule has 0 bridgehead atoms. The minimum absolute atomic E-state index is 0.0397. The van der Waals surface area contributed by atoms with Gasteiger partial charge in [0.1, 0.15) is 18.4 Å². The number of oxazole rings is 1. The fourth-order valence-electron chi connectivity index (χ4n) is 2.05. The zero-order chi connectivity index (χ0) is 18.8. The number of ether oxygens (including phenoxy) is 2. The van der Waals surface area contributed by atoms with E-state index in [0.717, 1.165) is 5.76 Å². The Balaban J connectivity index is 2.80. The van der Waals surface area contributed by atoms with Crippen LogP contribution >= 0.6 is 0 Å². The lowest BCUT2D eigenvalue weighted by Gasteiger charge is -2.15. The molecule has 138 valence electrons. The lowest BCUT2D eigenvalue weighted by molar-refractivity contribution is -0.140. The summed E-state index contributed by atoms with van der Waals surface area (Å²) in [5.41, 5.74) is 0.468. The van der Waals surface area contributed by atoms with Gasteiger partial charge in [-0.05, 0) is 12.8 Å². The zero-order valence-corrected chi connectivity index (χ0v) is 15.6. The van der Waals surface area contributed by atoms with Gasteiger partial charge in [-0.1, -0.05) is 27.7 Å². The number of allylic oxidation sites excluding steroid dienone is 1. The van der Waals surface area contributed by atoms with Gasteiger partial charge >= 0.3 is 5.97 Å². The Morgan fingerprint density at radius 3 is 2.60 bits per heavy atom. The summed E-state index contributed by atoms with van der Waals surface area (Å²) in [7, 11) is 0. The SMILES string of the molecule is CCOCCOC(=O)/C(C#N)=C(/NCc1ncc(C(C)C)o1)C(C)C. The normalized spacial score (nSPS) is 12.1. The largest absolute Gasteiger partial charge is 0.459 e. The summed E-state index contributed by atoms with van der Waals surface area (Å²) < 4.78 is 15.8. The molecule has 1 rings (SSSR count). The van der Waals surface area contributed by atoms with Gasteiger partial charge in [-0.25, -0.2) is 9.78 Å². The fourth-order valence-corrected chi connectivity index (χ4v) is 2.05. The van der Waals surface area contributed by atoms with Gasteiger partial charge in [0, 0.05) is 18.2 Å². The van der Waals surface area contributed by atoms with Crippen LogP contribution in [0.5, 0.6) is 0 Å². The third kappa shape index (κ3) is 6.59. The predicted octanol–water partition coefficient (Wildman–Crippen LogP) is 2.90. The first kappa shape index (κ1) is 20.7. The fraction of sp³-hybridized carbons (Fsp3) is 0.611. The van der Waals surface area contributed by atoms with Gasteiger partial charge in [0.2, 0.25) is 5.89 Å². The van der Waals surface area contributed by atoms with Gasteiger partial charge in [-0.15, -0.1) is 0 Å². The Morgan fingerprint density at radius 1 is 1.36 bits per heavy atom. The monoisotopic (exact) mass is 349 g/mol. The van der Waals surface area contributed by atoms with E-state index in [4.69, 9.17) is 13.9 Å². The molecule has 25 heavy (non-hydrogen) atoms. The van der Waals surface area contributed by atoms with Gasteiger partial charge in [0.05, 0.1) is 19.3 Å². The molecule has 0 unspecified atom stereocenters. The first-order chi connectivity index (χ1) is 11.9. The average molecular weight is 349 g/mol. The summed E-state index contributed by atoms with van der Waals surface area (Å²) in [5.74, 6) is 0.824. The topological polar surface area (TPSA) is 97.4 Å². The van der Waals surface area contributed by atoms with Gasteiger partial charge in [-0.3, -0.25) is 0 Å². The van der Waals surface area contributed by atoms with Crippen LogP contribution in [0.3, 0.4) is 0 Å². The summed E-state index contributed by atoms with van der Waals surface area (Å²) in [6.45, 7) is 10.9. The van der Waals surface area contributed by atoms with E-state index in [1.807, 2.05) is 40.7 Å². The third-order valence-electron chi connectivity index (χ3n) is 3.40. The van der Waals surface area contributed by atoms with Crippen molar-refractivity contribution in [2.45, 2.75) is 47.1 Å². The van der Waals surface area contributed by atoms with Crippen LogP contribution in [0.2, 0.25) is 0 Å². The molecular formula is C18H27N3O4. The Bertz CT molecular complexity index is 627. The Morgan fingerprint density at radius 2 is 2.08 bits per heavy atom. The van der Waals surface area contributed by atoms with Crippen LogP contribution in [0, 0.1) is 17.2 Å². The number of rotatable bonds is 10. The molecule has 0 aliphatic heterocycles. The van der Waals surface area contributed by atoms with Crippen LogP contribution < -0.4 is 5.32 Å². The van der Waals surface area contributed by atoms with Gasteiger partial charge in [-0.2, -0.15) is 5.26 Å². The molecule has 0 amide bonds. The second-order valence-corrected chi connectivity index (χ2v) is 6.05. The van der Waals surface area contributed by atoms with E-state index in [9.17, 15) is 10.1 Å². The highest BCUT2D eigenvalue weighted by atomic mass is 16.6. The molecule has 0 atom stereocenters. The standard InChI is InChI=1S/C18H27N3O4/c1-6-23-7-8-24-18(22)14(9-19)17(13(4)5)21-11-16-20-10-15(25-16)12(2)3/h10,12-13,21H,6-8,11H2,1-5H3/b17-14+. The number of aromatic nitrogens is 1. The van der Waals surface area contributed by atoms with Crippen LogP contribution in [0.15, 0.2) is 21.9 Å². The molecular weight excluding hydrogens is 322 g/mol. The molecule has 0 spiro atoms. The zero-order valence-electron chi connectivity index (χ0n) is 15.6. The second kappa shape index (κ2) is 10.5. The van der Waals surface area contributed by atoms with E-state index in [1.54, 1.807) is 6.20 Å². The molecule has 0 aliphatic carbocycles. The number of nitrogens with one attached hydrogen (secondary N) is 1. The van der Waals surface area contributed by atoms with E-state index in [1.165, 1.54) is 0 Å². The van der Waals surface area contributed by atoms with Gasteiger partial charge in [0.15, 0.2) is 5.57 Å².